The van der Waals surface area contributed by atoms with Crippen LogP contribution in [0.1, 0.15) is 29.9 Å². The summed E-state index contributed by atoms with van der Waals surface area (Å²) >= 11 is 2.91. The summed E-state index contributed by atoms with van der Waals surface area (Å²) in [6.45, 7) is 5.24. The number of esters is 1. The molecule has 4 nitrogen and oxygen atoms in total. The number of carbonyl (C=O) groups excluding carboxylic acids is 1. The van der Waals surface area contributed by atoms with Gasteiger partial charge in [0.1, 0.15) is 9.88 Å². The first-order chi connectivity index (χ1) is 8.51. The second-order valence-electron chi connectivity index (χ2n) is 4.31. The molecule has 18 heavy (non-hydrogen) atoms. The average molecular weight is 288 g/mol. The van der Waals surface area contributed by atoms with E-state index in [0.717, 1.165) is 22.9 Å². The summed E-state index contributed by atoms with van der Waals surface area (Å²) in [7, 11) is 1.37. The highest BCUT2D eigenvalue weighted by atomic mass is 32.2. The van der Waals surface area contributed by atoms with E-state index >= 15 is 0 Å². The fraction of sp³-hybridized carbons (Fsp3) is 0.583. The smallest absolute Gasteiger partial charge is 0.350 e. The van der Waals surface area contributed by atoms with Gasteiger partial charge in [0.25, 0.3) is 0 Å². The van der Waals surface area contributed by atoms with Crippen molar-refractivity contribution in [2.75, 3.05) is 31.0 Å². The predicted molar refractivity (Wildman–Crippen MR) is 79.8 cm³/mol. The molecule has 0 fully saturated rings. The van der Waals surface area contributed by atoms with Crippen molar-refractivity contribution < 1.29 is 9.53 Å². The van der Waals surface area contributed by atoms with Crippen LogP contribution in [-0.2, 0) is 4.74 Å². The molecule has 0 aromatic carbocycles. The molecule has 0 radical (unpaired) electrons. The van der Waals surface area contributed by atoms with Crippen LogP contribution >= 0.6 is 23.1 Å². The van der Waals surface area contributed by atoms with E-state index in [9.17, 15) is 4.79 Å². The molecule has 0 saturated heterocycles. The van der Waals surface area contributed by atoms with Gasteiger partial charge in [-0.15, -0.1) is 23.1 Å². The molecule has 0 bridgehead atoms. The Morgan fingerprint density at radius 2 is 2.22 bits per heavy atom. The molecule has 0 saturated carbocycles. The molecule has 1 aromatic rings. The molecule has 0 spiro atoms. The van der Waals surface area contributed by atoms with E-state index in [1.165, 1.54) is 18.4 Å². The van der Waals surface area contributed by atoms with E-state index in [1.807, 2.05) is 6.26 Å². The van der Waals surface area contributed by atoms with Crippen LogP contribution in [0.4, 0.5) is 10.7 Å². The number of thiophene rings is 1. The zero-order chi connectivity index (χ0) is 13.7. The Morgan fingerprint density at radius 1 is 1.56 bits per heavy atom. The van der Waals surface area contributed by atoms with Crippen molar-refractivity contribution in [2.24, 2.45) is 5.92 Å². The molecule has 0 aliphatic heterocycles. The van der Waals surface area contributed by atoms with Gasteiger partial charge in [-0.3, -0.25) is 0 Å². The van der Waals surface area contributed by atoms with Gasteiger partial charge in [0, 0.05) is 6.54 Å². The lowest BCUT2D eigenvalue weighted by Gasteiger charge is -2.07. The molecule has 3 N–H and O–H groups in total. The first-order valence-electron chi connectivity index (χ1n) is 5.79. The molecule has 102 valence electrons. The predicted octanol–water partition coefficient (Wildman–Crippen LogP) is 3.30. The third kappa shape index (κ3) is 3.55. The first kappa shape index (κ1) is 15.2. The minimum atomic E-state index is -0.371. The Balaban J connectivity index is 2.87. The second kappa shape index (κ2) is 6.89. The summed E-state index contributed by atoms with van der Waals surface area (Å²) in [6, 6.07) is 0. The third-order valence-corrected chi connectivity index (χ3v) is 4.59. The molecular weight excluding hydrogens is 268 g/mol. The number of ether oxygens (including phenoxy) is 1. The van der Waals surface area contributed by atoms with Crippen LogP contribution in [0.15, 0.2) is 4.90 Å². The van der Waals surface area contributed by atoms with Gasteiger partial charge in [0.05, 0.1) is 17.7 Å². The monoisotopic (exact) mass is 288 g/mol. The van der Waals surface area contributed by atoms with Crippen LogP contribution in [0.5, 0.6) is 0 Å². The van der Waals surface area contributed by atoms with Crippen LogP contribution in [0.25, 0.3) is 0 Å². The molecule has 1 aromatic heterocycles. The third-order valence-electron chi connectivity index (χ3n) is 2.48. The van der Waals surface area contributed by atoms with Gasteiger partial charge < -0.3 is 15.8 Å². The number of rotatable bonds is 6. The average Bonchev–Trinajstić information content (AvgIpc) is 2.64. The normalized spacial score (nSPS) is 10.7. The van der Waals surface area contributed by atoms with Gasteiger partial charge in [-0.05, 0) is 18.6 Å². The molecule has 0 aliphatic carbocycles. The number of nitrogen functional groups attached to an aromatic ring is 1. The van der Waals surface area contributed by atoms with Crippen molar-refractivity contribution in [3.63, 3.8) is 0 Å². The summed E-state index contributed by atoms with van der Waals surface area (Å²) in [5, 5.41) is 4.30. The fourth-order valence-electron chi connectivity index (χ4n) is 1.47. The number of anilines is 2. The minimum absolute atomic E-state index is 0.371. The standard InChI is InChI=1S/C12H20N2O2S2/c1-7(2)5-6-14-11-9(17-4)8(13)10(18-11)12(15)16-3/h7,14H,5-6,13H2,1-4H3. The van der Waals surface area contributed by atoms with Crippen molar-refractivity contribution >= 4 is 39.8 Å². The molecular formula is C12H20N2O2S2. The number of carbonyl (C=O) groups is 1. The van der Waals surface area contributed by atoms with Gasteiger partial charge in [-0.25, -0.2) is 4.79 Å². The van der Waals surface area contributed by atoms with Crippen molar-refractivity contribution in [1.29, 1.82) is 0 Å². The lowest BCUT2D eigenvalue weighted by molar-refractivity contribution is 0.0607. The SMILES string of the molecule is COC(=O)c1sc(NCCC(C)C)c(SC)c1N. The Labute approximate surface area is 116 Å². The van der Waals surface area contributed by atoms with Crippen LogP contribution in [0.2, 0.25) is 0 Å². The number of nitrogens with one attached hydrogen (secondary N) is 1. The van der Waals surface area contributed by atoms with Crippen LogP contribution in [0, 0.1) is 5.92 Å². The number of hydrogen-bond acceptors (Lipinski definition) is 6. The first-order valence-corrected chi connectivity index (χ1v) is 7.83. The lowest BCUT2D eigenvalue weighted by atomic mass is 10.1. The molecule has 1 heterocycles. The van der Waals surface area contributed by atoms with E-state index in [-0.39, 0.29) is 5.97 Å². The highest BCUT2D eigenvalue weighted by Gasteiger charge is 2.20. The van der Waals surface area contributed by atoms with Crippen LogP contribution in [-0.4, -0.2) is 25.9 Å². The summed E-state index contributed by atoms with van der Waals surface area (Å²) in [6.07, 6.45) is 3.03. The van der Waals surface area contributed by atoms with E-state index in [4.69, 9.17) is 10.5 Å². The molecule has 0 amide bonds. The summed E-state index contributed by atoms with van der Waals surface area (Å²) in [5.41, 5.74) is 6.49. The number of nitrogens with two attached hydrogens (primary N) is 1. The second-order valence-corrected chi connectivity index (χ2v) is 6.15. The number of hydrogen-bond donors (Lipinski definition) is 2. The molecule has 1 rings (SSSR count). The molecule has 0 aliphatic rings. The molecule has 6 heteroatoms. The maximum Gasteiger partial charge on any atom is 0.350 e. The highest BCUT2D eigenvalue weighted by Crippen LogP contribution is 2.41. The Kier molecular flexibility index (Phi) is 5.81. The van der Waals surface area contributed by atoms with E-state index in [1.54, 1.807) is 11.8 Å². The Hall–Kier alpha value is -0.880. The van der Waals surface area contributed by atoms with Crippen molar-refractivity contribution in [3.8, 4) is 0 Å². The topological polar surface area (TPSA) is 64.3 Å². The quantitative estimate of drug-likeness (QED) is 0.621. The zero-order valence-electron chi connectivity index (χ0n) is 11.2. The summed E-state index contributed by atoms with van der Waals surface area (Å²) in [4.78, 5) is 13.0. The zero-order valence-corrected chi connectivity index (χ0v) is 12.8. The summed E-state index contributed by atoms with van der Waals surface area (Å²) < 4.78 is 4.73. The van der Waals surface area contributed by atoms with Crippen molar-refractivity contribution in [1.82, 2.24) is 0 Å². The van der Waals surface area contributed by atoms with Gasteiger partial charge in [0.2, 0.25) is 0 Å². The van der Waals surface area contributed by atoms with Gasteiger partial charge >= 0.3 is 5.97 Å². The minimum Gasteiger partial charge on any atom is -0.465 e. The Bertz CT molecular complexity index is 416. The van der Waals surface area contributed by atoms with Crippen LogP contribution in [0.3, 0.4) is 0 Å². The van der Waals surface area contributed by atoms with Crippen molar-refractivity contribution in [2.45, 2.75) is 25.2 Å². The Morgan fingerprint density at radius 3 is 2.72 bits per heavy atom. The van der Waals surface area contributed by atoms with Crippen molar-refractivity contribution in [3.05, 3.63) is 4.88 Å². The largest absolute Gasteiger partial charge is 0.465 e. The van der Waals surface area contributed by atoms with Crippen LogP contribution < -0.4 is 11.1 Å². The van der Waals surface area contributed by atoms with E-state index in [0.29, 0.717) is 16.5 Å². The van der Waals surface area contributed by atoms with Gasteiger partial charge in [-0.2, -0.15) is 0 Å². The lowest BCUT2D eigenvalue weighted by Crippen LogP contribution is -2.04. The van der Waals surface area contributed by atoms with E-state index < -0.39 is 0 Å². The number of thioether (sulfide) groups is 1. The van der Waals surface area contributed by atoms with E-state index in [2.05, 4.69) is 19.2 Å². The highest BCUT2D eigenvalue weighted by molar-refractivity contribution is 7.99. The van der Waals surface area contributed by atoms with Gasteiger partial charge in [-0.1, -0.05) is 13.8 Å². The maximum absolute atomic E-state index is 11.6. The van der Waals surface area contributed by atoms with Gasteiger partial charge in [0.15, 0.2) is 0 Å². The molecule has 0 atom stereocenters. The molecule has 0 unspecified atom stereocenters. The summed E-state index contributed by atoms with van der Waals surface area (Å²) in [5.74, 6) is 0.275. The fourth-order valence-corrected chi connectivity index (χ4v) is 3.45. The maximum atomic E-state index is 11.6. The number of methoxy groups -OCH3 is 1.